The van der Waals surface area contributed by atoms with Gasteiger partial charge in [-0.2, -0.15) is 4.39 Å². The number of anilines is 1. The number of nitrogens with one attached hydrogen (secondary N) is 1. The van der Waals surface area contributed by atoms with Crippen LogP contribution in [0.3, 0.4) is 0 Å². The van der Waals surface area contributed by atoms with Crippen LogP contribution in [0.4, 0.5) is 10.1 Å². The van der Waals surface area contributed by atoms with Gasteiger partial charge in [0.1, 0.15) is 0 Å². The molecular weight excluding hydrogens is 316 g/mol. The van der Waals surface area contributed by atoms with E-state index in [1.165, 1.54) is 42.0 Å². The van der Waals surface area contributed by atoms with Crippen LogP contribution in [0, 0.1) is 11.9 Å². The number of hydrogen-bond donors (Lipinski definition) is 1. The van der Waals surface area contributed by atoms with Gasteiger partial charge in [0.15, 0.2) is 0 Å². The Kier molecular flexibility index (Phi) is 4.25. The Morgan fingerprint density at radius 3 is 2.64 bits per heavy atom. The minimum Gasteiger partial charge on any atom is -0.313 e. The molecule has 1 aromatic carbocycles. The molecule has 0 aliphatic heterocycles. The summed E-state index contributed by atoms with van der Waals surface area (Å²) in [5.74, 6) is 0.794. The van der Waals surface area contributed by atoms with Crippen molar-refractivity contribution in [2.24, 2.45) is 5.92 Å². The fraction of sp³-hybridized carbons (Fsp3) is 0.400. The van der Waals surface area contributed by atoms with Crippen LogP contribution in [0.1, 0.15) is 41.1 Å². The molecule has 0 saturated heterocycles. The second-order valence-electron chi connectivity index (χ2n) is 7.13. The Morgan fingerprint density at radius 1 is 1.24 bits per heavy atom. The maximum Gasteiger partial charge on any atom is 0.258 e. The lowest BCUT2D eigenvalue weighted by atomic mass is 10.1. The lowest BCUT2D eigenvalue weighted by Crippen LogP contribution is -2.26. The minimum atomic E-state index is -0.553. The van der Waals surface area contributed by atoms with Crippen LogP contribution in [0.15, 0.2) is 42.6 Å². The molecule has 2 aliphatic carbocycles. The summed E-state index contributed by atoms with van der Waals surface area (Å²) in [6, 6.07) is 11.2. The molecule has 5 heteroatoms. The number of aromatic nitrogens is 1. The summed E-state index contributed by atoms with van der Waals surface area (Å²) >= 11 is 0. The molecule has 0 radical (unpaired) electrons. The molecule has 1 N–H and O–H groups in total. The van der Waals surface area contributed by atoms with Crippen LogP contribution in [-0.2, 0) is 0 Å². The normalized spacial score (nSPS) is 21.8. The SMILES string of the molecule is CN(C(=O)c1ccc([C@@H]2C[C@H]2NCC2CC2)cc1)c1ccc([18F])nc1. The third-order valence-electron chi connectivity index (χ3n) is 5.15. The van der Waals surface area contributed by atoms with Crippen molar-refractivity contribution in [1.82, 2.24) is 10.3 Å². The van der Waals surface area contributed by atoms with Gasteiger partial charge in [0, 0.05) is 24.6 Å². The van der Waals surface area contributed by atoms with Crippen molar-refractivity contribution in [2.45, 2.75) is 31.2 Å². The van der Waals surface area contributed by atoms with E-state index in [1.54, 1.807) is 13.1 Å². The largest absolute Gasteiger partial charge is 0.313 e. The molecule has 0 unspecified atom stereocenters. The van der Waals surface area contributed by atoms with E-state index in [1.807, 2.05) is 24.3 Å². The van der Waals surface area contributed by atoms with E-state index in [2.05, 4.69) is 10.3 Å². The second-order valence-corrected chi connectivity index (χ2v) is 7.13. The van der Waals surface area contributed by atoms with E-state index in [-0.39, 0.29) is 5.91 Å². The zero-order chi connectivity index (χ0) is 17.4. The highest BCUT2D eigenvalue weighted by Gasteiger charge is 2.38. The van der Waals surface area contributed by atoms with Gasteiger partial charge in [-0.3, -0.25) is 4.79 Å². The van der Waals surface area contributed by atoms with Gasteiger partial charge in [-0.1, -0.05) is 12.1 Å². The van der Waals surface area contributed by atoms with Crippen molar-refractivity contribution < 1.29 is 9.18 Å². The molecule has 0 spiro atoms. The van der Waals surface area contributed by atoms with Crippen LogP contribution >= 0.6 is 0 Å². The summed E-state index contributed by atoms with van der Waals surface area (Å²) in [5.41, 5.74) is 2.48. The van der Waals surface area contributed by atoms with E-state index in [4.69, 9.17) is 0 Å². The molecule has 2 fully saturated rings. The smallest absolute Gasteiger partial charge is 0.258 e. The van der Waals surface area contributed by atoms with Crippen LogP contribution in [-0.4, -0.2) is 30.5 Å². The molecule has 4 rings (SSSR count). The molecule has 1 heterocycles. The Morgan fingerprint density at radius 2 is 2.00 bits per heavy atom. The summed E-state index contributed by atoms with van der Waals surface area (Å²) in [4.78, 5) is 17.6. The van der Waals surface area contributed by atoms with Gasteiger partial charge in [-0.15, -0.1) is 0 Å². The number of pyridine rings is 1. The molecule has 1 amide bonds. The van der Waals surface area contributed by atoms with Crippen molar-refractivity contribution in [3.63, 3.8) is 0 Å². The zero-order valence-corrected chi connectivity index (χ0v) is 14.3. The first-order chi connectivity index (χ1) is 12.1. The first-order valence-corrected chi connectivity index (χ1v) is 8.85. The summed E-state index contributed by atoms with van der Waals surface area (Å²) < 4.78 is 12.9. The molecule has 4 nitrogen and oxygen atoms in total. The molecule has 0 bridgehead atoms. The predicted octanol–water partition coefficient (Wildman–Crippen LogP) is 3.35. The monoisotopic (exact) mass is 338 g/mol. The molecule has 2 aromatic rings. The number of amides is 1. The summed E-state index contributed by atoms with van der Waals surface area (Å²) in [7, 11) is 1.67. The molecular formula is C20H22FN3O. The lowest BCUT2D eigenvalue weighted by Gasteiger charge is -2.17. The fourth-order valence-corrected chi connectivity index (χ4v) is 3.18. The number of hydrogen-bond acceptors (Lipinski definition) is 3. The molecule has 130 valence electrons. The standard InChI is InChI=1S/C20H22FN3O/c1-24(16-8-9-19(21)23-12-16)20(25)15-6-4-14(5-7-15)17-10-18(17)22-11-13-2-3-13/h4-9,12-13,17-18,22H,2-3,10-11H2,1H3/t17-,18+/m0/s1/i21-1. The molecule has 2 atom stereocenters. The van der Waals surface area contributed by atoms with Gasteiger partial charge in [-0.25, -0.2) is 4.98 Å². The molecule has 25 heavy (non-hydrogen) atoms. The van der Waals surface area contributed by atoms with Crippen LogP contribution in [0.25, 0.3) is 0 Å². The third kappa shape index (κ3) is 3.71. The highest BCUT2D eigenvalue weighted by molar-refractivity contribution is 6.05. The Hall–Kier alpha value is -2.27. The number of carbonyl (C=O) groups is 1. The lowest BCUT2D eigenvalue weighted by molar-refractivity contribution is 0.0993. The molecule has 2 saturated carbocycles. The highest BCUT2D eigenvalue weighted by Crippen LogP contribution is 2.41. The third-order valence-corrected chi connectivity index (χ3v) is 5.15. The number of nitrogens with zero attached hydrogens (tertiary/aromatic N) is 2. The van der Waals surface area contributed by atoms with Gasteiger partial charge in [-0.05, 0) is 61.6 Å². The van der Waals surface area contributed by atoms with E-state index in [0.29, 0.717) is 23.2 Å². The Bertz CT molecular complexity index is 756. The summed E-state index contributed by atoms with van der Waals surface area (Å²) in [6.07, 6.45) is 5.29. The van der Waals surface area contributed by atoms with Crippen LogP contribution in [0.5, 0.6) is 0 Å². The number of halogens is 1. The zero-order valence-electron chi connectivity index (χ0n) is 14.3. The van der Waals surface area contributed by atoms with Gasteiger partial charge >= 0.3 is 0 Å². The molecule has 1 aromatic heterocycles. The van der Waals surface area contributed by atoms with E-state index >= 15 is 0 Å². The Labute approximate surface area is 147 Å². The maximum absolute atomic E-state index is 12.9. The number of rotatable bonds is 6. The summed E-state index contributed by atoms with van der Waals surface area (Å²) in [5, 5.41) is 3.64. The van der Waals surface area contributed by atoms with Crippen molar-refractivity contribution in [3.05, 3.63) is 59.7 Å². The van der Waals surface area contributed by atoms with Gasteiger partial charge in [0.05, 0.1) is 11.9 Å². The van der Waals surface area contributed by atoms with Crippen LogP contribution in [0.2, 0.25) is 0 Å². The van der Waals surface area contributed by atoms with Crippen molar-refractivity contribution >= 4 is 11.6 Å². The number of carbonyl (C=O) groups excluding carboxylic acids is 1. The first kappa shape index (κ1) is 16.2. The summed E-state index contributed by atoms with van der Waals surface area (Å²) in [6.45, 7) is 1.15. The van der Waals surface area contributed by atoms with Crippen molar-refractivity contribution in [1.29, 1.82) is 0 Å². The highest BCUT2D eigenvalue weighted by atomic mass is 18.2. The van der Waals surface area contributed by atoms with E-state index in [9.17, 15) is 9.18 Å². The van der Waals surface area contributed by atoms with E-state index < -0.39 is 5.95 Å². The average molecular weight is 338 g/mol. The van der Waals surface area contributed by atoms with Gasteiger partial charge in [0.2, 0.25) is 5.95 Å². The first-order valence-electron chi connectivity index (χ1n) is 8.85. The average Bonchev–Trinajstić information content (AvgIpc) is 3.54. The quantitative estimate of drug-likeness (QED) is 0.822. The van der Waals surface area contributed by atoms with Crippen molar-refractivity contribution in [2.75, 3.05) is 18.5 Å². The van der Waals surface area contributed by atoms with Crippen LogP contribution < -0.4 is 10.2 Å². The fourth-order valence-electron chi connectivity index (χ4n) is 3.18. The topological polar surface area (TPSA) is 45.2 Å². The maximum atomic E-state index is 12.9. The predicted molar refractivity (Wildman–Crippen MR) is 95.2 cm³/mol. The number of benzene rings is 1. The Balaban J connectivity index is 1.38. The van der Waals surface area contributed by atoms with Gasteiger partial charge < -0.3 is 10.2 Å². The molecule has 2 aliphatic rings. The minimum absolute atomic E-state index is 0.126. The van der Waals surface area contributed by atoms with Crippen molar-refractivity contribution in [3.8, 4) is 0 Å². The van der Waals surface area contributed by atoms with E-state index in [0.717, 1.165) is 12.5 Å². The van der Waals surface area contributed by atoms with Gasteiger partial charge in [0.25, 0.3) is 5.91 Å². The second kappa shape index (κ2) is 6.56.